The van der Waals surface area contributed by atoms with Crippen LogP contribution in [0.4, 0.5) is 0 Å². The van der Waals surface area contributed by atoms with Gasteiger partial charge in [0.2, 0.25) is 0 Å². The number of hydrogen-bond acceptors (Lipinski definition) is 2. The van der Waals surface area contributed by atoms with E-state index in [1.54, 1.807) is 0 Å². The van der Waals surface area contributed by atoms with E-state index < -0.39 is 0 Å². The molecule has 1 N–H and O–H groups in total. The summed E-state index contributed by atoms with van der Waals surface area (Å²) in [5.41, 5.74) is 1.90. The first kappa shape index (κ1) is 13.9. The van der Waals surface area contributed by atoms with Crippen LogP contribution in [0.2, 0.25) is 0 Å². The molecule has 0 bridgehead atoms. The molecule has 0 atom stereocenters. The van der Waals surface area contributed by atoms with E-state index >= 15 is 0 Å². The van der Waals surface area contributed by atoms with Crippen molar-refractivity contribution in [3.8, 4) is 0 Å². The van der Waals surface area contributed by atoms with Crippen molar-refractivity contribution in [3.05, 3.63) is 35.4 Å². The lowest BCUT2D eigenvalue weighted by molar-refractivity contribution is -0.0000114. The van der Waals surface area contributed by atoms with Crippen molar-refractivity contribution in [2.24, 2.45) is 0 Å². The molecule has 1 fully saturated rings. The lowest BCUT2D eigenvalue weighted by Gasteiger charge is -2.16. The molecule has 4 heteroatoms. The van der Waals surface area contributed by atoms with E-state index in [2.05, 4.69) is 0 Å². The molecule has 1 saturated heterocycles. The molecule has 0 aromatic heterocycles. The van der Waals surface area contributed by atoms with Crippen molar-refractivity contribution in [1.82, 2.24) is 4.90 Å². The van der Waals surface area contributed by atoms with Crippen molar-refractivity contribution < 1.29 is 21.8 Å². The molecule has 0 saturated carbocycles. The van der Waals surface area contributed by atoms with Crippen LogP contribution in [0, 0.1) is 12.3 Å². The molecule has 1 heterocycles. The largest absolute Gasteiger partial charge is 1.00 e. The van der Waals surface area contributed by atoms with E-state index in [-0.39, 0.29) is 22.8 Å². The van der Waals surface area contributed by atoms with Crippen LogP contribution in [-0.4, -0.2) is 29.6 Å². The monoisotopic (exact) mass is 295 g/mol. The second kappa shape index (κ2) is 5.96. The van der Waals surface area contributed by atoms with Crippen LogP contribution < -0.4 is 17.0 Å². The maximum atomic E-state index is 11.9. The number of nitrogens with zero attached hydrogens (tertiary/aromatic N) is 1. The highest BCUT2D eigenvalue weighted by atomic mass is 79.9. The second-order valence-electron chi connectivity index (χ2n) is 4.26. The molecule has 1 aliphatic heterocycles. The topological polar surface area (TPSA) is 44.2 Å². The third kappa shape index (κ3) is 3.40. The summed E-state index contributed by atoms with van der Waals surface area (Å²) in [5.74, 6) is 0.701. The standard InChI is InChI=1S/C13H16N2O.BrH/c1-10-4-6-11(7-5-10)12(16)9-15-8-2-3-13(15)14;/h4-7,14H,2-3,8-9H2,1H3;1H/p-1. The summed E-state index contributed by atoms with van der Waals surface area (Å²) in [6, 6.07) is 7.61. The van der Waals surface area contributed by atoms with Gasteiger partial charge in [0, 0.05) is 18.5 Å². The first-order valence-electron chi connectivity index (χ1n) is 5.59. The SMILES string of the molecule is Cc1ccc(C(=O)CN2CCCC2=N)cc1.[Br-]. The van der Waals surface area contributed by atoms with Crippen LogP contribution in [0.5, 0.6) is 0 Å². The summed E-state index contributed by atoms with van der Waals surface area (Å²) < 4.78 is 0. The Balaban J connectivity index is 0.00000144. The van der Waals surface area contributed by atoms with Gasteiger partial charge in [-0.3, -0.25) is 10.2 Å². The van der Waals surface area contributed by atoms with Gasteiger partial charge >= 0.3 is 0 Å². The van der Waals surface area contributed by atoms with Crippen LogP contribution in [0.15, 0.2) is 24.3 Å². The number of likely N-dealkylation sites (tertiary alicyclic amines) is 1. The van der Waals surface area contributed by atoms with Crippen LogP contribution in [0.25, 0.3) is 0 Å². The smallest absolute Gasteiger partial charge is 0.182 e. The first-order chi connectivity index (χ1) is 7.66. The molecule has 0 radical (unpaired) electrons. The Hall–Kier alpha value is -1.16. The summed E-state index contributed by atoms with van der Waals surface area (Å²) in [4.78, 5) is 13.8. The van der Waals surface area contributed by atoms with E-state index in [9.17, 15) is 4.79 Å². The van der Waals surface area contributed by atoms with Gasteiger partial charge in [0.1, 0.15) is 0 Å². The zero-order chi connectivity index (χ0) is 11.5. The Morgan fingerprint density at radius 1 is 1.35 bits per heavy atom. The minimum atomic E-state index is 0. The third-order valence-corrected chi connectivity index (χ3v) is 2.93. The maximum Gasteiger partial charge on any atom is 0.182 e. The Bertz CT molecular complexity index is 414. The molecule has 3 nitrogen and oxygen atoms in total. The number of Topliss-reactive ketones (excluding diaryl/α,β-unsaturated/α-hetero) is 1. The molecule has 0 aliphatic carbocycles. The highest BCUT2D eigenvalue weighted by Crippen LogP contribution is 2.11. The number of aryl methyl sites for hydroxylation is 1. The minimum Gasteiger partial charge on any atom is -1.00 e. The number of carbonyl (C=O) groups is 1. The number of amidine groups is 1. The Kier molecular flexibility index (Phi) is 4.87. The fourth-order valence-corrected chi connectivity index (χ4v) is 1.91. The van der Waals surface area contributed by atoms with Gasteiger partial charge in [-0.1, -0.05) is 29.8 Å². The molecule has 17 heavy (non-hydrogen) atoms. The van der Waals surface area contributed by atoms with E-state index in [1.165, 1.54) is 0 Å². The first-order valence-corrected chi connectivity index (χ1v) is 5.59. The predicted molar refractivity (Wildman–Crippen MR) is 64.0 cm³/mol. The summed E-state index contributed by atoms with van der Waals surface area (Å²) >= 11 is 0. The van der Waals surface area contributed by atoms with Gasteiger partial charge in [0.25, 0.3) is 0 Å². The Labute approximate surface area is 112 Å². The van der Waals surface area contributed by atoms with Gasteiger partial charge < -0.3 is 21.9 Å². The number of carbonyl (C=O) groups excluding carboxylic acids is 1. The predicted octanol–water partition coefficient (Wildman–Crippen LogP) is -0.745. The van der Waals surface area contributed by atoms with Gasteiger partial charge in [0.05, 0.1) is 12.4 Å². The number of ketones is 1. The molecule has 2 rings (SSSR count). The van der Waals surface area contributed by atoms with Crippen LogP contribution in [0.1, 0.15) is 28.8 Å². The zero-order valence-electron chi connectivity index (χ0n) is 9.87. The average molecular weight is 296 g/mol. The van der Waals surface area contributed by atoms with Gasteiger partial charge in [-0.25, -0.2) is 0 Å². The molecule has 0 spiro atoms. The van der Waals surface area contributed by atoms with Crippen molar-refractivity contribution >= 4 is 11.6 Å². The van der Waals surface area contributed by atoms with E-state index in [1.807, 2.05) is 36.1 Å². The van der Waals surface area contributed by atoms with Crippen LogP contribution in [-0.2, 0) is 0 Å². The van der Waals surface area contributed by atoms with Crippen molar-refractivity contribution in [2.75, 3.05) is 13.1 Å². The highest BCUT2D eigenvalue weighted by Gasteiger charge is 2.19. The molecule has 0 amide bonds. The molecular formula is C13H16BrN2O-. The fraction of sp³-hybridized carbons (Fsp3) is 0.385. The number of hydrogen-bond donors (Lipinski definition) is 1. The Morgan fingerprint density at radius 2 is 2.00 bits per heavy atom. The van der Waals surface area contributed by atoms with Crippen LogP contribution in [0.3, 0.4) is 0 Å². The molecule has 1 aliphatic rings. The fourth-order valence-electron chi connectivity index (χ4n) is 1.91. The van der Waals surface area contributed by atoms with Gasteiger partial charge in [0.15, 0.2) is 5.78 Å². The summed E-state index contributed by atoms with van der Waals surface area (Å²) in [7, 11) is 0. The zero-order valence-corrected chi connectivity index (χ0v) is 11.5. The quantitative estimate of drug-likeness (QED) is 0.746. The maximum absolute atomic E-state index is 11.9. The third-order valence-electron chi connectivity index (χ3n) is 2.93. The van der Waals surface area contributed by atoms with Crippen molar-refractivity contribution in [3.63, 3.8) is 0 Å². The average Bonchev–Trinajstić information content (AvgIpc) is 2.65. The van der Waals surface area contributed by atoms with E-state index in [0.29, 0.717) is 12.4 Å². The summed E-state index contributed by atoms with van der Waals surface area (Å²) in [6.07, 6.45) is 1.81. The second-order valence-corrected chi connectivity index (χ2v) is 4.26. The highest BCUT2D eigenvalue weighted by molar-refractivity contribution is 5.99. The molecule has 1 aromatic carbocycles. The van der Waals surface area contributed by atoms with E-state index in [0.717, 1.165) is 30.5 Å². The minimum absolute atomic E-state index is 0. The molecular weight excluding hydrogens is 280 g/mol. The molecule has 92 valence electrons. The number of benzene rings is 1. The lowest BCUT2D eigenvalue weighted by atomic mass is 10.1. The number of rotatable bonds is 3. The molecule has 0 unspecified atom stereocenters. The lowest BCUT2D eigenvalue weighted by Crippen LogP contribution is -3.00. The summed E-state index contributed by atoms with van der Waals surface area (Å²) in [5, 5.41) is 7.67. The van der Waals surface area contributed by atoms with Crippen LogP contribution >= 0.6 is 0 Å². The van der Waals surface area contributed by atoms with Crippen molar-refractivity contribution in [1.29, 1.82) is 5.41 Å². The van der Waals surface area contributed by atoms with E-state index in [4.69, 9.17) is 5.41 Å². The molecule has 1 aromatic rings. The van der Waals surface area contributed by atoms with Gasteiger partial charge in [-0.05, 0) is 13.3 Å². The van der Waals surface area contributed by atoms with Crippen molar-refractivity contribution in [2.45, 2.75) is 19.8 Å². The normalized spacial score (nSPS) is 14.6. The van der Waals surface area contributed by atoms with Gasteiger partial charge in [-0.15, -0.1) is 0 Å². The summed E-state index contributed by atoms with van der Waals surface area (Å²) in [6.45, 7) is 3.20. The Morgan fingerprint density at radius 3 is 2.53 bits per heavy atom. The number of nitrogens with one attached hydrogen (secondary N) is 1. The van der Waals surface area contributed by atoms with Gasteiger partial charge in [-0.2, -0.15) is 0 Å². The number of halogens is 1.